The summed E-state index contributed by atoms with van der Waals surface area (Å²) in [5, 5.41) is 3.35. The van der Waals surface area contributed by atoms with Gasteiger partial charge in [-0.2, -0.15) is 0 Å². The minimum absolute atomic E-state index is 0.943. The lowest BCUT2D eigenvalue weighted by Crippen LogP contribution is -2.19. The normalized spacial score (nSPS) is 18.2. The van der Waals surface area contributed by atoms with E-state index < -0.39 is 0 Å². The zero-order valence-electron chi connectivity index (χ0n) is 10.3. The van der Waals surface area contributed by atoms with Gasteiger partial charge in [0.15, 0.2) is 0 Å². The summed E-state index contributed by atoms with van der Waals surface area (Å²) in [6.07, 6.45) is 5.72. The molecule has 0 fully saturated rings. The lowest BCUT2D eigenvalue weighted by molar-refractivity contribution is 0.888. The van der Waals surface area contributed by atoms with Gasteiger partial charge < -0.3 is 5.32 Å². The molecule has 2 heteroatoms. The predicted octanol–water partition coefficient (Wildman–Crippen LogP) is 2.72. The molecular weight excluding hydrogens is 208 g/mol. The Kier molecular flexibility index (Phi) is 2.71. The summed E-state index contributed by atoms with van der Waals surface area (Å²) in [4.78, 5) is 4.47. The van der Waals surface area contributed by atoms with Crippen LogP contribution in [0.4, 0.5) is 0 Å². The zero-order chi connectivity index (χ0) is 11.7. The van der Waals surface area contributed by atoms with E-state index in [9.17, 15) is 0 Å². The Hall–Kier alpha value is -1.57. The van der Waals surface area contributed by atoms with E-state index in [0.717, 1.165) is 19.5 Å². The number of hydrogen-bond acceptors (Lipinski definition) is 2. The Morgan fingerprint density at radius 2 is 2.24 bits per heavy atom. The summed E-state index contributed by atoms with van der Waals surface area (Å²) >= 11 is 0. The van der Waals surface area contributed by atoms with E-state index >= 15 is 0 Å². The van der Waals surface area contributed by atoms with E-state index in [1.165, 1.54) is 40.9 Å². The van der Waals surface area contributed by atoms with Gasteiger partial charge in [-0.15, -0.1) is 0 Å². The molecule has 0 unspecified atom stereocenters. The van der Waals surface area contributed by atoms with E-state index in [-0.39, 0.29) is 0 Å². The summed E-state index contributed by atoms with van der Waals surface area (Å²) in [6, 6.07) is 6.59. The van der Waals surface area contributed by atoms with Crippen LogP contribution in [0.1, 0.15) is 29.5 Å². The minimum atomic E-state index is 0.943. The lowest BCUT2D eigenvalue weighted by Gasteiger charge is -2.18. The Balaban J connectivity index is 1.84. The fourth-order valence-electron chi connectivity index (χ4n) is 2.70. The molecule has 1 aromatic carbocycles. The fourth-order valence-corrected chi connectivity index (χ4v) is 2.70. The minimum Gasteiger partial charge on any atom is -0.372 e. The van der Waals surface area contributed by atoms with E-state index in [1.807, 2.05) is 0 Å². The number of aryl methyl sites for hydroxylation is 1. The van der Waals surface area contributed by atoms with Crippen molar-refractivity contribution in [3.8, 4) is 0 Å². The molecule has 1 heterocycles. The van der Waals surface area contributed by atoms with E-state index in [0.29, 0.717) is 0 Å². The van der Waals surface area contributed by atoms with Crippen molar-refractivity contribution in [1.82, 2.24) is 5.32 Å². The Labute approximate surface area is 102 Å². The summed E-state index contributed by atoms with van der Waals surface area (Å²) in [6.45, 7) is 4.16. The van der Waals surface area contributed by atoms with Crippen molar-refractivity contribution in [3.05, 3.63) is 40.5 Å². The summed E-state index contributed by atoms with van der Waals surface area (Å²) in [5.41, 5.74) is 5.87. The molecule has 1 aliphatic heterocycles. The molecule has 88 valence electrons. The quantitative estimate of drug-likeness (QED) is 0.824. The van der Waals surface area contributed by atoms with Crippen LogP contribution in [0.15, 0.2) is 28.8 Å². The molecule has 3 rings (SSSR count). The van der Waals surface area contributed by atoms with Crippen LogP contribution < -0.4 is 5.32 Å². The molecule has 1 aliphatic carbocycles. The van der Waals surface area contributed by atoms with Crippen LogP contribution in [-0.2, 0) is 6.42 Å². The Morgan fingerprint density at radius 1 is 1.29 bits per heavy atom. The second-order valence-corrected chi connectivity index (χ2v) is 4.88. The first-order chi connectivity index (χ1) is 8.33. The van der Waals surface area contributed by atoms with Gasteiger partial charge in [-0.25, -0.2) is 0 Å². The topological polar surface area (TPSA) is 24.4 Å². The van der Waals surface area contributed by atoms with Gasteiger partial charge >= 0.3 is 0 Å². The summed E-state index contributed by atoms with van der Waals surface area (Å²) < 4.78 is 0. The fraction of sp³-hybridized carbons (Fsp3) is 0.400. The van der Waals surface area contributed by atoms with E-state index in [1.54, 1.807) is 0 Å². The Morgan fingerprint density at radius 3 is 3.06 bits per heavy atom. The van der Waals surface area contributed by atoms with Crippen LogP contribution in [0.5, 0.6) is 0 Å². The number of aliphatic imine (C=N–C) groups is 1. The highest BCUT2D eigenvalue weighted by Crippen LogP contribution is 2.28. The molecule has 0 saturated heterocycles. The maximum atomic E-state index is 4.47. The zero-order valence-corrected chi connectivity index (χ0v) is 10.3. The van der Waals surface area contributed by atoms with Gasteiger partial charge in [0, 0.05) is 13.0 Å². The monoisotopic (exact) mass is 226 g/mol. The molecular formula is C15H18N2. The number of fused-ring (bicyclic) bond motifs is 1. The van der Waals surface area contributed by atoms with Crippen LogP contribution in [0.2, 0.25) is 0 Å². The molecule has 17 heavy (non-hydrogen) atoms. The van der Waals surface area contributed by atoms with Crippen molar-refractivity contribution in [2.75, 3.05) is 13.1 Å². The first-order valence-corrected chi connectivity index (χ1v) is 6.38. The SMILES string of the molecule is Cc1cccc2c1CCC(CC1=NCCN1)=C2. The molecule has 0 saturated carbocycles. The standard InChI is InChI=1S/C15H18N2/c1-11-3-2-4-13-9-12(5-6-14(11)13)10-15-16-7-8-17-15/h2-4,9H,5-8,10H2,1H3,(H,16,17). The van der Waals surface area contributed by atoms with Gasteiger partial charge in [0.2, 0.25) is 0 Å². The van der Waals surface area contributed by atoms with Crippen molar-refractivity contribution in [1.29, 1.82) is 0 Å². The van der Waals surface area contributed by atoms with Crippen LogP contribution in [-0.4, -0.2) is 18.9 Å². The number of rotatable bonds is 2. The van der Waals surface area contributed by atoms with E-state index in [4.69, 9.17) is 0 Å². The van der Waals surface area contributed by atoms with Gasteiger partial charge in [-0.3, -0.25) is 4.99 Å². The maximum Gasteiger partial charge on any atom is 0.101 e. The lowest BCUT2D eigenvalue weighted by atomic mass is 9.88. The molecule has 0 radical (unpaired) electrons. The third-order valence-electron chi connectivity index (χ3n) is 3.64. The third kappa shape index (κ3) is 2.12. The average Bonchev–Trinajstić information content (AvgIpc) is 2.82. The van der Waals surface area contributed by atoms with Crippen molar-refractivity contribution < 1.29 is 0 Å². The predicted molar refractivity (Wildman–Crippen MR) is 72.4 cm³/mol. The first kappa shape index (κ1) is 10.6. The number of hydrogen-bond donors (Lipinski definition) is 1. The molecule has 0 aromatic heterocycles. The first-order valence-electron chi connectivity index (χ1n) is 6.38. The smallest absolute Gasteiger partial charge is 0.101 e. The molecule has 0 bridgehead atoms. The van der Waals surface area contributed by atoms with Crippen molar-refractivity contribution >= 4 is 11.9 Å². The molecule has 1 aromatic rings. The summed E-state index contributed by atoms with van der Waals surface area (Å²) in [7, 11) is 0. The highest BCUT2D eigenvalue weighted by molar-refractivity contribution is 5.87. The average molecular weight is 226 g/mol. The van der Waals surface area contributed by atoms with Crippen molar-refractivity contribution in [2.45, 2.75) is 26.2 Å². The van der Waals surface area contributed by atoms with Crippen LogP contribution >= 0.6 is 0 Å². The highest BCUT2D eigenvalue weighted by Gasteiger charge is 2.14. The molecule has 0 amide bonds. The van der Waals surface area contributed by atoms with Gasteiger partial charge in [0.25, 0.3) is 0 Å². The summed E-state index contributed by atoms with van der Waals surface area (Å²) in [5.74, 6) is 1.17. The molecule has 2 aliphatic rings. The second kappa shape index (κ2) is 4.36. The largest absolute Gasteiger partial charge is 0.372 e. The highest BCUT2D eigenvalue weighted by atomic mass is 15.1. The van der Waals surface area contributed by atoms with Crippen LogP contribution in [0.25, 0.3) is 6.08 Å². The second-order valence-electron chi connectivity index (χ2n) is 4.88. The molecule has 2 nitrogen and oxygen atoms in total. The van der Waals surface area contributed by atoms with Crippen molar-refractivity contribution in [3.63, 3.8) is 0 Å². The van der Waals surface area contributed by atoms with Gasteiger partial charge in [-0.05, 0) is 36.5 Å². The maximum absolute atomic E-state index is 4.47. The number of nitrogens with one attached hydrogen (secondary N) is 1. The molecule has 1 N–H and O–H groups in total. The van der Waals surface area contributed by atoms with Gasteiger partial charge in [0.05, 0.1) is 6.54 Å². The number of benzene rings is 1. The van der Waals surface area contributed by atoms with Crippen molar-refractivity contribution in [2.24, 2.45) is 4.99 Å². The third-order valence-corrected chi connectivity index (χ3v) is 3.64. The molecule has 0 atom stereocenters. The van der Waals surface area contributed by atoms with Gasteiger partial charge in [0.1, 0.15) is 5.84 Å². The Bertz CT molecular complexity index is 498. The van der Waals surface area contributed by atoms with Crippen LogP contribution in [0.3, 0.4) is 0 Å². The number of amidine groups is 1. The molecule has 0 spiro atoms. The van der Waals surface area contributed by atoms with E-state index in [2.05, 4.69) is 41.5 Å². The van der Waals surface area contributed by atoms with Gasteiger partial charge in [-0.1, -0.05) is 29.8 Å². The van der Waals surface area contributed by atoms with Crippen LogP contribution in [0, 0.1) is 6.92 Å². The number of nitrogens with zero attached hydrogens (tertiary/aromatic N) is 1.